The molecule has 2 heterocycles. The van der Waals surface area contributed by atoms with E-state index in [1.807, 2.05) is 0 Å². The topological polar surface area (TPSA) is 101 Å². The van der Waals surface area contributed by atoms with Gasteiger partial charge in [0.25, 0.3) is 0 Å². The lowest BCUT2D eigenvalue weighted by atomic mass is 10.3. The lowest BCUT2D eigenvalue weighted by molar-refractivity contribution is 0.102. The number of hydrogen-bond donors (Lipinski definition) is 2. The standard InChI is InChI=1S/C11H16N2O4S2/c1-6(14)9-8(12)10(19(2,16)17)11(18-9)13-4-3-7(15)5-13/h7,15H,3-5,12H2,1-2H3. The van der Waals surface area contributed by atoms with Crippen LogP contribution < -0.4 is 10.6 Å². The zero-order valence-corrected chi connectivity index (χ0v) is 12.3. The second-order valence-electron chi connectivity index (χ2n) is 4.70. The van der Waals surface area contributed by atoms with Gasteiger partial charge in [-0.25, -0.2) is 8.42 Å². The molecular weight excluding hydrogens is 288 g/mol. The molecule has 1 saturated heterocycles. The van der Waals surface area contributed by atoms with Gasteiger partial charge in [-0.3, -0.25) is 4.79 Å². The quantitative estimate of drug-likeness (QED) is 0.789. The minimum Gasteiger partial charge on any atom is -0.396 e. The van der Waals surface area contributed by atoms with Crippen LogP contribution in [0.3, 0.4) is 0 Å². The van der Waals surface area contributed by atoms with Crippen LogP contribution in [0.1, 0.15) is 23.0 Å². The zero-order valence-electron chi connectivity index (χ0n) is 10.7. The first kappa shape index (κ1) is 14.3. The fraction of sp³-hybridized carbons (Fsp3) is 0.545. The predicted molar refractivity (Wildman–Crippen MR) is 74.7 cm³/mol. The molecule has 1 aliphatic rings. The third-order valence-electron chi connectivity index (χ3n) is 3.02. The summed E-state index contributed by atoms with van der Waals surface area (Å²) in [6.45, 7) is 2.28. The normalized spacial score (nSPS) is 19.9. The van der Waals surface area contributed by atoms with Crippen LogP contribution in [-0.4, -0.2) is 44.8 Å². The molecule has 1 aromatic rings. The van der Waals surface area contributed by atoms with E-state index in [4.69, 9.17) is 5.73 Å². The average Bonchev–Trinajstić information content (AvgIpc) is 2.80. The smallest absolute Gasteiger partial charge is 0.180 e. The van der Waals surface area contributed by atoms with Crippen molar-refractivity contribution in [2.24, 2.45) is 0 Å². The Morgan fingerprint density at radius 2 is 2.16 bits per heavy atom. The number of anilines is 2. The van der Waals surface area contributed by atoms with Crippen LogP contribution in [0.25, 0.3) is 0 Å². The fourth-order valence-corrected chi connectivity index (χ4v) is 4.81. The van der Waals surface area contributed by atoms with Gasteiger partial charge in [-0.2, -0.15) is 0 Å². The number of sulfone groups is 1. The zero-order chi connectivity index (χ0) is 14.4. The Balaban J connectivity index is 2.59. The van der Waals surface area contributed by atoms with Gasteiger partial charge in [-0.15, -0.1) is 11.3 Å². The number of nitrogen functional groups attached to an aromatic ring is 1. The molecule has 1 atom stereocenters. The number of nitrogens with zero attached hydrogens (tertiary/aromatic N) is 1. The Morgan fingerprint density at radius 3 is 2.58 bits per heavy atom. The number of thiophene rings is 1. The molecule has 1 aromatic heterocycles. The van der Waals surface area contributed by atoms with Gasteiger partial charge in [0.1, 0.15) is 9.90 Å². The molecular formula is C11H16N2O4S2. The minimum absolute atomic E-state index is 0.0109. The first-order valence-corrected chi connectivity index (χ1v) is 8.49. The van der Waals surface area contributed by atoms with Crippen LogP contribution in [0.15, 0.2) is 4.90 Å². The SMILES string of the molecule is CC(=O)c1sc(N2CCC(O)C2)c(S(C)(=O)=O)c1N. The molecule has 6 nitrogen and oxygen atoms in total. The molecule has 1 aliphatic heterocycles. The van der Waals surface area contributed by atoms with Gasteiger partial charge in [0.15, 0.2) is 15.6 Å². The second-order valence-corrected chi connectivity index (χ2v) is 7.65. The minimum atomic E-state index is -3.52. The van der Waals surface area contributed by atoms with E-state index in [9.17, 15) is 18.3 Å². The van der Waals surface area contributed by atoms with E-state index in [2.05, 4.69) is 0 Å². The van der Waals surface area contributed by atoms with Crippen LogP contribution in [0.2, 0.25) is 0 Å². The largest absolute Gasteiger partial charge is 0.396 e. The van der Waals surface area contributed by atoms with Gasteiger partial charge < -0.3 is 15.7 Å². The molecule has 19 heavy (non-hydrogen) atoms. The fourth-order valence-electron chi connectivity index (χ4n) is 2.17. The highest BCUT2D eigenvalue weighted by atomic mass is 32.2. The van der Waals surface area contributed by atoms with Crippen molar-refractivity contribution >= 4 is 37.6 Å². The Morgan fingerprint density at radius 1 is 1.53 bits per heavy atom. The highest BCUT2D eigenvalue weighted by Crippen LogP contribution is 2.42. The lowest BCUT2D eigenvalue weighted by Gasteiger charge is -2.17. The molecule has 3 N–H and O–H groups in total. The highest BCUT2D eigenvalue weighted by molar-refractivity contribution is 7.91. The van der Waals surface area contributed by atoms with Crippen molar-refractivity contribution in [1.29, 1.82) is 0 Å². The Hall–Kier alpha value is -1.12. The van der Waals surface area contributed by atoms with E-state index in [0.29, 0.717) is 24.5 Å². The maximum absolute atomic E-state index is 11.9. The van der Waals surface area contributed by atoms with Gasteiger partial charge in [0.2, 0.25) is 0 Å². The summed E-state index contributed by atoms with van der Waals surface area (Å²) in [4.78, 5) is 13.5. The van der Waals surface area contributed by atoms with Crippen molar-refractivity contribution in [2.75, 3.05) is 30.0 Å². The van der Waals surface area contributed by atoms with Crippen molar-refractivity contribution in [3.05, 3.63) is 4.88 Å². The van der Waals surface area contributed by atoms with E-state index in [1.165, 1.54) is 6.92 Å². The van der Waals surface area contributed by atoms with Crippen molar-refractivity contribution in [3.63, 3.8) is 0 Å². The van der Waals surface area contributed by atoms with Crippen molar-refractivity contribution in [2.45, 2.75) is 24.3 Å². The highest BCUT2D eigenvalue weighted by Gasteiger charge is 2.31. The predicted octanol–water partition coefficient (Wildman–Crippen LogP) is 0.507. The monoisotopic (exact) mass is 304 g/mol. The van der Waals surface area contributed by atoms with Crippen molar-refractivity contribution in [1.82, 2.24) is 0 Å². The van der Waals surface area contributed by atoms with Gasteiger partial charge in [0, 0.05) is 26.3 Å². The summed E-state index contributed by atoms with van der Waals surface area (Å²) in [5.74, 6) is -0.251. The van der Waals surface area contributed by atoms with Crippen LogP contribution in [0, 0.1) is 0 Å². The van der Waals surface area contributed by atoms with Gasteiger partial charge in [-0.1, -0.05) is 0 Å². The van der Waals surface area contributed by atoms with E-state index >= 15 is 0 Å². The number of aliphatic hydroxyl groups excluding tert-OH is 1. The van der Waals surface area contributed by atoms with Crippen molar-refractivity contribution in [3.8, 4) is 0 Å². The molecule has 0 radical (unpaired) electrons. The second kappa shape index (κ2) is 4.77. The number of carbonyl (C=O) groups is 1. The maximum Gasteiger partial charge on any atom is 0.180 e. The van der Waals surface area contributed by atoms with Gasteiger partial charge >= 0.3 is 0 Å². The number of ketones is 1. The molecule has 0 saturated carbocycles. The molecule has 1 fully saturated rings. The number of carbonyl (C=O) groups excluding carboxylic acids is 1. The van der Waals surface area contributed by atoms with E-state index in [1.54, 1.807) is 4.90 Å². The Bertz CT molecular complexity index is 621. The molecule has 1 unspecified atom stereocenters. The molecule has 2 rings (SSSR count). The number of aliphatic hydroxyl groups is 1. The third-order valence-corrected chi connectivity index (χ3v) is 5.67. The Labute approximate surface area is 115 Å². The van der Waals surface area contributed by atoms with Crippen molar-refractivity contribution < 1.29 is 18.3 Å². The molecule has 0 bridgehead atoms. The summed E-state index contributed by atoms with van der Waals surface area (Å²) in [6, 6.07) is 0. The first-order chi connectivity index (χ1) is 8.71. The summed E-state index contributed by atoms with van der Waals surface area (Å²) >= 11 is 1.08. The number of nitrogens with two attached hydrogens (primary N) is 1. The summed E-state index contributed by atoms with van der Waals surface area (Å²) in [5.41, 5.74) is 5.84. The van der Waals surface area contributed by atoms with E-state index in [0.717, 1.165) is 17.6 Å². The number of Topliss-reactive ketones (excluding diaryl/α,β-unsaturated/α-hetero) is 1. The van der Waals surface area contributed by atoms with Crippen LogP contribution in [-0.2, 0) is 9.84 Å². The van der Waals surface area contributed by atoms with E-state index in [-0.39, 0.29) is 21.2 Å². The summed E-state index contributed by atoms with van der Waals surface area (Å²) in [7, 11) is -3.52. The lowest BCUT2D eigenvalue weighted by Crippen LogP contribution is -2.22. The van der Waals surface area contributed by atoms with Crippen LogP contribution >= 0.6 is 11.3 Å². The molecule has 8 heteroatoms. The van der Waals surface area contributed by atoms with Gasteiger partial charge in [-0.05, 0) is 6.42 Å². The molecule has 0 spiro atoms. The third kappa shape index (κ3) is 2.60. The van der Waals surface area contributed by atoms with E-state index < -0.39 is 15.9 Å². The average molecular weight is 304 g/mol. The molecule has 0 aromatic carbocycles. The van der Waals surface area contributed by atoms with Gasteiger partial charge in [0.05, 0.1) is 16.7 Å². The molecule has 106 valence electrons. The first-order valence-electron chi connectivity index (χ1n) is 5.78. The van der Waals surface area contributed by atoms with Crippen LogP contribution in [0.5, 0.6) is 0 Å². The number of hydrogen-bond acceptors (Lipinski definition) is 7. The summed E-state index contributed by atoms with van der Waals surface area (Å²) in [6.07, 6.45) is 1.18. The molecule has 0 amide bonds. The summed E-state index contributed by atoms with van der Waals surface area (Å²) in [5, 5.41) is 10.0. The maximum atomic E-state index is 11.9. The number of β-amino-alcohol motifs (C(OH)–C–C–N with tert-alkyl or cyclic N) is 1. The van der Waals surface area contributed by atoms with Crippen LogP contribution in [0.4, 0.5) is 10.7 Å². The summed E-state index contributed by atoms with van der Waals surface area (Å²) < 4.78 is 23.7. The Kier molecular flexibility index (Phi) is 3.59. The number of rotatable bonds is 3. The molecule has 0 aliphatic carbocycles.